The summed E-state index contributed by atoms with van der Waals surface area (Å²) in [6.45, 7) is 0.810. The van der Waals surface area contributed by atoms with Crippen molar-refractivity contribution in [3.8, 4) is 0 Å². The molecule has 0 saturated carbocycles. The van der Waals surface area contributed by atoms with Gasteiger partial charge in [-0.3, -0.25) is 0 Å². The number of nitrogens with zero attached hydrogens (tertiary/aromatic N) is 6. The molecule has 0 radical (unpaired) electrons. The highest BCUT2D eigenvalue weighted by molar-refractivity contribution is 5.84. The van der Waals surface area contributed by atoms with Crippen LogP contribution in [0.1, 0.15) is 16.9 Å². The lowest BCUT2D eigenvalue weighted by Crippen LogP contribution is -2.39. The minimum atomic E-state index is -1.12. The first-order valence-electron chi connectivity index (χ1n) is 7.48. The fraction of sp³-hybridized carbons (Fsp3) is 0.400. The quantitative estimate of drug-likeness (QED) is 0.867. The lowest BCUT2D eigenvalue weighted by Gasteiger charge is -2.29. The van der Waals surface area contributed by atoms with Gasteiger partial charge in [0.15, 0.2) is 5.69 Å². The monoisotopic (exact) mass is 332 g/mol. The standard InChI is InChI=1S/C15H17FN6O2/c1-21(14-6-18-12(5-19-14)15(23)24)8-11-4-10(16)7-22(11)13-2-3-17-9-20-13/h2-3,5-6,9-11H,4,7-8H2,1H3,(H,23,24)/t10-,11-/m0/s1. The Hall–Kier alpha value is -2.84. The molecule has 24 heavy (non-hydrogen) atoms. The predicted octanol–water partition coefficient (Wildman–Crippen LogP) is 1.02. The Bertz CT molecular complexity index is 699. The van der Waals surface area contributed by atoms with Crippen molar-refractivity contribution in [3.63, 3.8) is 0 Å². The van der Waals surface area contributed by atoms with E-state index in [-0.39, 0.29) is 11.7 Å². The second-order valence-electron chi connectivity index (χ2n) is 5.65. The highest BCUT2D eigenvalue weighted by Crippen LogP contribution is 2.26. The fourth-order valence-electron chi connectivity index (χ4n) is 2.81. The summed E-state index contributed by atoms with van der Waals surface area (Å²) in [4.78, 5) is 30.6. The van der Waals surface area contributed by atoms with Crippen LogP contribution in [-0.4, -0.2) is 63.4 Å². The van der Waals surface area contributed by atoms with E-state index in [0.29, 0.717) is 31.1 Å². The molecule has 0 unspecified atom stereocenters. The van der Waals surface area contributed by atoms with Gasteiger partial charge in [0.2, 0.25) is 0 Å². The lowest BCUT2D eigenvalue weighted by molar-refractivity contribution is 0.0690. The molecule has 126 valence electrons. The van der Waals surface area contributed by atoms with Gasteiger partial charge >= 0.3 is 5.97 Å². The van der Waals surface area contributed by atoms with Gasteiger partial charge in [-0.25, -0.2) is 29.1 Å². The Balaban J connectivity index is 1.72. The molecule has 1 saturated heterocycles. The van der Waals surface area contributed by atoms with Crippen LogP contribution in [0.2, 0.25) is 0 Å². The van der Waals surface area contributed by atoms with Crippen LogP contribution in [0.25, 0.3) is 0 Å². The third kappa shape index (κ3) is 3.39. The van der Waals surface area contributed by atoms with Gasteiger partial charge in [0, 0.05) is 26.2 Å². The highest BCUT2D eigenvalue weighted by atomic mass is 19.1. The molecule has 1 N–H and O–H groups in total. The Morgan fingerprint density at radius 3 is 2.88 bits per heavy atom. The van der Waals surface area contributed by atoms with Crippen LogP contribution >= 0.6 is 0 Å². The summed E-state index contributed by atoms with van der Waals surface area (Å²) >= 11 is 0. The summed E-state index contributed by atoms with van der Waals surface area (Å²) in [6, 6.07) is 1.69. The first-order chi connectivity index (χ1) is 11.5. The summed E-state index contributed by atoms with van der Waals surface area (Å²) in [5.74, 6) is 0.100. The zero-order valence-electron chi connectivity index (χ0n) is 13.1. The molecule has 1 aliphatic rings. The number of likely N-dealkylation sites (N-methyl/N-ethyl adjacent to an activating group) is 1. The molecule has 0 amide bonds. The Labute approximate surface area is 138 Å². The largest absolute Gasteiger partial charge is 0.476 e. The van der Waals surface area contributed by atoms with Gasteiger partial charge in [0.1, 0.15) is 24.1 Å². The lowest BCUT2D eigenvalue weighted by atomic mass is 10.2. The number of aromatic nitrogens is 4. The molecule has 0 bridgehead atoms. The van der Waals surface area contributed by atoms with Crippen LogP contribution in [0.3, 0.4) is 0 Å². The maximum absolute atomic E-state index is 13.9. The molecule has 2 aromatic rings. The summed E-state index contributed by atoms with van der Waals surface area (Å²) in [6.07, 6.45) is 5.17. The van der Waals surface area contributed by atoms with E-state index in [0.717, 1.165) is 0 Å². The number of hydrogen-bond donors (Lipinski definition) is 1. The molecule has 3 heterocycles. The average molecular weight is 332 g/mol. The van der Waals surface area contributed by atoms with Crippen LogP contribution in [0.15, 0.2) is 31.0 Å². The predicted molar refractivity (Wildman–Crippen MR) is 84.9 cm³/mol. The molecular weight excluding hydrogens is 315 g/mol. The van der Waals surface area contributed by atoms with Crippen molar-refractivity contribution in [1.82, 2.24) is 19.9 Å². The van der Waals surface area contributed by atoms with Crippen molar-refractivity contribution in [2.45, 2.75) is 18.6 Å². The summed E-state index contributed by atoms with van der Waals surface area (Å²) < 4.78 is 13.9. The van der Waals surface area contributed by atoms with Crippen LogP contribution in [-0.2, 0) is 0 Å². The van der Waals surface area contributed by atoms with E-state index in [1.54, 1.807) is 12.3 Å². The van der Waals surface area contributed by atoms with Crippen LogP contribution in [0, 0.1) is 0 Å². The van der Waals surface area contributed by atoms with Gasteiger partial charge in [0.05, 0.1) is 25.0 Å². The average Bonchev–Trinajstić information content (AvgIpc) is 2.96. The topological polar surface area (TPSA) is 95.3 Å². The zero-order chi connectivity index (χ0) is 17.1. The van der Waals surface area contributed by atoms with E-state index < -0.39 is 12.1 Å². The normalized spacial score (nSPS) is 20.2. The Morgan fingerprint density at radius 1 is 1.42 bits per heavy atom. The van der Waals surface area contributed by atoms with Crippen molar-refractivity contribution in [2.24, 2.45) is 0 Å². The van der Waals surface area contributed by atoms with Crippen molar-refractivity contribution >= 4 is 17.6 Å². The minimum absolute atomic E-state index is 0.0687. The van der Waals surface area contributed by atoms with E-state index in [2.05, 4.69) is 19.9 Å². The van der Waals surface area contributed by atoms with Crippen molar-refractivity contribution in [3.05, 3.63) is 36.7 Å². The third-order valence-electron chi connectivity index (χ3n) is 3.96. The number of carboxylic acids is 1. The number of hydrogen-bond acceptors (Lipinski definition) is 7. The molecule has 1 aliphatic heterocycles. The summed E-state index contributed by atoms with van der Waals surface area (Å²) in [5, 5.41) is 8.86. The molecule has 2 aromatic heterocycles. The van der Waals surface area contributed by atoms with Gasteiger partial charge in [-0.05, 0) is 6.07 Å². The molecule has 0 aliphatic carbocycles. The molecule has 0 aromatic carbocycles. The number of anilines is 2. The zero-order valence-corrected chi connectivity index (χ0v) is 13.1. The van der Waals surface area contributed by atoms with Gasteiger partial charge in [0.25, 0.3) is 0 Å². The Morgan fingerprint density at radius 2 is 2.25 bits per heavy atom. The van der Waals surface area contributed by atoms with E-state index in [9.17, 15) is 9.18 Å². The first kappa shape index (κ1) is 16.0. The van der Waals surface area contributed by atoms with Gasteiger partial charge in [-0.1, -0.05) is 0 Å². The van der Waals surface area contributed by atoms with Gasteiger partial charge in [-0.15, -0.1) is 0 Å². The minimum Gasteiger partial charge on any atom is -0.476 e. The number of rotatable bonds is 5. The van der Waals surface area contributed by atoms with Crippen molar-refractivity contribution in [1.29, 1.82) is 0 Å². The maximum atomic E-state index is 13.9. The van der Waals surface area contributed by atoms with Crippen LogP contribution in [0.4, 0.5) is 16.0 Å². The van der Waals surface area contributed by atoms with Crippen molar-refractivity contribution < 1.29 is 14.3 Å². The highest BCUT2D eigenvalue weighted by Gasteiger charge is 2.33. The molecule has 1 fully saturated rings. The third-order valence-corrected chi connectivity index (χ3v) is 3.96. The van der Waals surface area contributed by atoms with Gasteiger partial charge in [-0.2, -0.15) is 0 Å². The number of carbonyl (C=O) groups is 1. The van der Waals surface area contributed by atoms with E-state index >= 15 is 0 Å². The molecule has 3 rings (SSSR count). The number of alkyl halides is 1. The second-order valence-corrected chi connectivity index (χ2v) is 5.65. The molecule has 2 atom stereocenters. The number of carboxylic acid groups (broad SMARTS) is 1. The van der Waals surface area contributed by atoms with E-state index in [1.165, 1.54) is 18.7 Å². The van der Waals surface area contributed by atoms with Crippen LogP contribution < -0.4 is 9.80 Å². The smallest absolute Gasteiger partial charge is 0.356 e. The van der Waals surface area contributed by atoms with Crippen molar-refractivity contribution in [2.75, 3.05) is 29.9 Å². The molecule has 8 nitrogen and oxygen atoms in total. The van der Waals surface area contributed by atoms with Crippen LogP contribution in [0.5, 0.6) is 0 Å². The molecular formula is C15H17FN6O2. The summed E-state index contributed by atoms with van der Waals surface area (Å²) in [7, 11) is 1.81. The van der Waals surface area contributed by atoms with E-state index in [1.807, 2.05) is 16.8 Å². The second kappa shape index (κ2) is 6.73. The van der Waals surface area contributed by atoms with Gasteiger partial charge < -0.3 is 14.9 Å². The molecule has 0 spiro atoms. The van der Waals surface area contributed by atoms with E-state index in [4.69, 9.17) is 5.11 Å². The number of halogens is 1. The first-order valence-corrected chi connectivity index (χ1v) is 7.48. The fourth-order valence-corrected chi connectivity index (χ4v) is 2.81. The number of aromatic carboxylic acids is 1. The molecule has 9 heteroatoms. The SMILES string of the molecule is CN(C[C@@H]1C[C@H](F)CN1c1ccncn1)c1cnc(C(=O)O)cn1. The maximum Gasteiger partial charge on any atom is 0.356 e. The Kier molecular flexibility index (Phi) is 4.50. The summed E-state index contributed by atoms with van der Waals surface area (Å²) in [5.41, 5.74) is -0.112.